The Kier molecular flexibility index (Phi) is 4.96. The molecule has 1 saturated carbocycles. The van der Waals surface area contributed by atoms with Crippen molar-refractivity contribution in [1.82, 2.24) is 14.7 Å². The Morgan fingerprint density at radius 1 is 1.04 bits per heavy atom. The molecule has 124 valence electrons. The summed E-state index contributed by atoms with van der Waals surface area (Å²) in [5.74, 6) is 0.289. The van der Waals surface area contributed by atoms with Gasteiger partial charge >= 0.3 is 0 Å². The maximum atomic E-state index is 12.6. The summed E-state index contributed by atoms with van der Waals surface area (Å²) >= 11 is 0. The Hall–Kier alpha value is -1.88. The van der Waals surface area contributed by atoms with Crippen LogP contribution in [-0.4, -0.2) is 65.3 Å². The van der Waals surface area contributed by atoms with Crippen LogP contribution in [0.15, 0.2) is 30.3 Å². The lowest BCUT2D eigenvalue weighted by Crippen LogP contribution is -2.52. The van der Waals surface area contributed by atoms with E-state index in [0.717, 1.165) is 6.54 Å². The number of carbonyl (C=O) groups excluding carboxylic acids is 2. The summed E-state index contributed by atoms with van der Waals surface area (Å²) in [6.45, 7) is 5.54. The Morgan fingerprint density at radius 2 is 1.65 bits per heavy atom. The Morgan fingerprint density at radius 3 is 2.22 bits per heavy atom. The van der Waals surface area contributed by atoms with Crippen molar-refractivity contribution in [3.8, 4) is 0 Å². The van der Waals surface area contributed by atoms with E-state index in [2.05, 4.69) is 17.0 Å². The molecule has 0 atom stereocenters. The van der Waals surface area contributed by atoms with E-state index in [1.165, 1.54) is 18.4 Å². The molecule has 0 bridgehead atoms. The fourth-order valence-electron chi connectivity index (χ4n) is 3.12. The number of benzene rings is 1. The highest BCUT2D eigenvalue weighted by atomic mass is 16.2. The molecule has 1 aromatic rings. The number of nitrogens with zero attached hydrogens (tertiary/aromatic N) is 3. The second-order valence-corrected chi connectivity index (χ2v) is 6.51. The highest BCUT2D eigenvalue weighted by Crippen LogP contribution is 2.28. The van der Waals surface area contributed by atoms with E-state index in [-0.39, 0.29) is 11.8 Å². The zero-order chi connectivity index (χ0) is 16.2. The topological polar surface area (TPSA) is 43.9 Å². The monoisotopic (exact) mass is 315 g/mol. The van der Waals surface area contributed by atoms with Crippen LogP contribution in [0.1, 0.15) is 25.3 Å². The van der Waals surface area contributed by atoms with Gasteiger partial charge in [-0.25, -0.2) is 0 Å². The van der Waals surface area contributed by atoms with Crippen molar-refractivity contribution >= 4 is 11.8 Å². The van der Waals surface area contributed by atoms with Crippen LogP contribution in [0.2, 0.25) is 0 Å². The molecule has 0 aromatic heterocycles. The van der Waals surface area contributed by atoms with Crippen molar-refractivity contribution < 1.29 is 9.59 Å². The lowest BCUT2D eigenvalue weighted by atomic mass is 10.2. The van der Waals surface area contributed by atoms with E-state index in [4.69, 9.17) is 0 Å². The van der Waals surface area contributed by atoms with Gasteiger partial charge in [-0.3, -0.25) is 14.5 Å². The average molecular weight is 315 g/mol. The molecule has 23 heavy (non-hydrogen) atoms. The van der Waals surface area contributed by atoms with Gasteiger partial charge in [0.05, 0.1) is 6.54 Å². The van der Waals surface area contributed by atoms with Gasteiger partial charge in [-0.15, -0.1) is 0 Å². The third-order valence-corrected chi connectivity index (χ3v) is 4.71. The van der Waals surface area contributed by atoms with Gasteiger partial charge in [-0.1, -0.05) is 30.3 Å². The van der Waals surface area contributed by atoms with Gasteiger partial charge in [0.15, 0.2) is 0 Å². The molecule has 5 nitrogen and oxygen atoms in total. The molecule has 2 fully saturated rings. The molecule has 5 heteroatoms. The van der Waals surface area contributed by atoms with Gasteiger partial charge in [0.1, 0.15) is 0 Å². The minimum absolute atomic E-state index is 0.0979. The van der Waals surface area contributed by atoms with Crippen molar-refractivity contribution in [3.63, 3.8) is 0 Å². The van der Waals surface area contributed by atoms with Crippen LogP contribution in [-0.2, 0) is 16.1 Å². The van der Waals surface area contributed by atoms with Crippen molar-refractivity contribution in [1.29, 1.82) is 0 Å². The molecule has 1 aliphatic heterocycles. The molecule has 1 aliphatic carbocycles. The van der Waals surface area contributed by atoms with Crippen molar-refractivity contribution in [2.75, 3.05) is 32.7 Å². The molecule has 1 heterocycles. The van der Waals surface area contributed by atoms with Crippen LogP contribution in [0.3, 0.4) is 0 Å². The molecule has 3 rings (SSSR count). The minimum Gasteiger partial charge on any atom is -0.339 e. The fraction of sp³-hybridized carbons (Fsp3) is 0.556. The van der Waals surface area contributed by atoms with Gasteiger partial charge < -0.3 is 9.80 Å². The van der Waals surface area contributed by atoms with E-state index in [9.17, 15) is 9.59 Å². The molecule has 1 saturated heterocycles. The normalized spacial score (nSPS) is 18.3. The molecular weight excluding hydrogens is 290 g/mol. The SMILES string of the molecule is CC(=O)N1CCN(C(=O)CN(Cc2ccccc2)C2CC2)CC1. The van der Waals surface area contributed by atoms with Crippen LogP contribution in [0.25, 0.3) is 0 Å². The summed E-state index contributed by atoms with van der Waals surface area (Å²) in [4.78, 5) is 30.0. The number of rotatable bonds is 5. The smallest absolute Gasteiger partial charge is 0.236 e. The largest absolute Gasteiger partial charge is 0.339 e. The lowest BCUT2D eigenvalue weighted by molar-refractivity contribution is -0.139. The maximum absolute atomic E-state index is 12.6. The van der Waals surface area contributed by atoms with Crippen LogP contribution < -0.4 is 0 Å². The van der Waals surface area contributed by atoms with Crippen LogP contribution in [0.5, 0.6) is 0 Å². The number of hydrogen-bond acceptors (Lipinski definition) is 3. The Labute approximate surface area is 137 Å². The van der Waals surface area contributed by atoms with Crippen molar-refractivity contribution in [2.45, 2.75) is 32.4 Å². The summed E-state index contributed by atoms with van der Waals surface area (Å²) in [5.41, 5.74) is 1.26. The Bertz CT molecular complexity index is 549. The second-order valence-electron chi connectivity index (χ2n) is 6.51. The van der Waals surface area contributed by atoms with E-state index in [1.807, 2.05) is 28.0 Å². The predicted octanol–water partition coefficient (Wildman–Crippen LogP) is 1.34. The standard InChI is InChI=1S/C18H25N3O2/c1-15(22)19-9-11-20(12-10-19)18(23)14-21(17-7-8-17)13-16-5-3-2-4-6-16/h2-6,17H,7-14H2,1H3. The van der Waals surface area contributed by atoms with Gasteiger partial charge in [0, 0.05) is 45.7 Å². The number of carbonyl (C=O) groups is 2. The zero-order valence-corrected chi connectivity index (χ0v) is 13.8. The van der Waals surface area contributed by atoms with Crippen molar-refractivity contribution in [3.05, 3.63) is 35.9 Å². The summed E-state index contributed by atoms with van der Waals surface area (Å²) in [6.07, 6.45) is 2.39. The number of amides is 2. The third kappa shape index (κ3) is 4.32. The summed E-state index contributed by atoms with van der Waals surface area (Å²) < 4.78 is 0. The summed E-state index contributed by atoms with van der Waals surface area (Å²) in [5, 5.41) is 0. The van der Waals surface area contributed by atoms with E-state index in [1.54, 1.807) is 6.92 Å². The van der Waals surface area contributed by atoms with Crippen molar-refractivity contribution in [2.24, 2.45) is 0 Å². The Balaban J connectivity index is 1.54. The molecule has 0 N–H and O–H groups in total. The summed E-state index contributed by atoms with van der Waals surface area (Å²) in [7, 11) is 0. The first-order valence-corrected chi connectivity index (χ1v) is 8.45. The quantitative estimate of drug-likeness (QED) is 0.824. The van der Waals surface area contributed by atoms with E-state index >= 15 is 0 Å². The second kappa shape index (κ2) is 7.13. The first kappa shape index (κ1) is 16.0. The third-order valence-electron chi connectivity index (χ3n) is 4.71. The van der Waals surface area contributed by atoms with Gasteiger partial charge in [0.2, 0.25) is 11.8 Å². The summed E-state index contributed by atoms with van der Waals surface area (Å²) in [6, 6.07) is 10.9. The number of piperazine rings is 1. The highest BCUT2D eigenvalue weighted by Gasteiger charge is 2.32. The van der Waals surface area contributed by atoms with Crippen LogP contribution in [0, 0.1) is 0 Å². The van der Waals surface area contributed by atoms with Gasteiger partial charge in [-0.2, -0.15) is 0 Å². The highest BCUT2D eigenvalue weighted by molar-refractivity contribution is 5.79. The molecule has 0 spiro atoms. The number of hydrogen-bond donors (Lipinski definition) is 0. The molecule has 0 unspecified atom stereocenters. The van der Waals surface area contributed by atoms with Crippen LogP contribution >= 0.6 is 0 Å². The molecule has 2 aliphatic rings. The minimum atomic E-state index is 0.0979. The zero-order valence-electron chi connectivity index (χ0n) is 13.8. The molecule has 0 radical (unpaired) electrons. The first-order chi connectivity index (χ1) is 11.1. The lowest BCUT2D eigenvalue weighted by Gasteiger charge is -2.35. The molecule has 2 amide bonds. The predicted molar refractivity (Wildman–Crippen MR) is 88.7 cm³/mol. The van der Waals surface area contributed by atoms with E-state index in [0.29, 0.717) is 38.8 Å². The van der Waals surface area contributed by atoms with Gasteiger partial charge in [0.25, 0.3) is 0 Å². The first-order valence-electron chi connectivity index (χ1n) is 8.45. The van der Waals surface area contributed by atoms with Gasteiger partial charge in [-0.05, 0) is 18.4 Å². The van der Waals surface area contributed by atoms with Crippen LogP contribution in [0.4, 0.5) is 0 Å². The molecular formula is C18H25N3O2. The molecule has 1 aromatic carbocycles. The van der Waals surface area contributed by atoms with E-state index < -0.39 is 0 Å². The fourth-order valence-corrected chi connectivity index (χ4v) is 3.12. The maximum Gasteiger partial charge on any atom is 0.236 e. The average Bonchev–Trinajstić information content (AvgIpc) is 3.40.